The van der Waals surface area contributed by atoms with E-state index in [2.05, 4.69) is 23.2 Å². The van der Waals surface area contributed by atoms with Crippen molar-refractivity contribution in [2.45, 2.75) is 6.92 Å². The minimum atomic E-state index is 0.708. The van der Waals surface area contributed by atoms with Crippen LogP contribution in [0.4, 0.5) is 5.82 Å². The van der Waals surface area contributed by atoms with Crippen LogP contribution in [0.2, 0.25) is 0 Å². The Morgan fingerprint density at radius 1 is 1.00 bits per heavy atom. The molecule has 3 nitrogen and oxygen atoms in total. The SMILES string of the molecule is Cc1nc2cccc(-c3ccccc3)n2c1N. The van der Waals surface area contributed by atoms with Gasteiger partial charge in [0.2, 0.25) is 0 Å². The van der Waals surface area contributed by atoms with Crippen LogP contribution in [0.1, 0.15) is 5.69 Å². The maximum atomic E-state index is 6.08. The molecule has 2 N–H and O–H groups in total. The van der Waals surface area contributed by atoms with E-state index in [0.717, 1.165) is 22.6 Å². The molecule has 3 heteroatoms. The number of hydrogen-bond donors (Lipinski definition) is 1. The number of aromatic nitrogens is 2. The summed E-state index contributed by atoms with van der Waals surface area (Å²) in [6.45, 7) is 1.93. The van der Waals surface area contributed by atoms with Gasteiger partial charge in [0.1, 0.15) is 11.5 Å². The van der Waals surface area contributed by atoms with Crippen molar-refractivity contribution in [2.75, 3.05) is 5.73 Å². The van der Waals surface area contributed by atoms with Gasteiger partial charge >= 0.3 is 0 Å². The molecule has 0 aliphatic rings. The van der Waals surface area contributed by atoms with Crippen LogP contribution in [0.15, 0.2) is 48.5 Å². The van der Waals surface area contributed by atoms with Gasteiger partial charge in [0.25, 0.3) is 0 Å². The predicted molar refractivity (Wildman–Crippen MR) is 69.8 cm³/mol. The van der Waals surface area contributed by atoms with Crippen LogP contribution in [0.3, 0.4) is 0 Å². The molecule has 0 bridgehead atoms. The Hall–Kier alpha value is -2.29. The third-order valence-corrected chi connectivity index (χ3v) is 2.93. The largest absolute Gasteiger partial charge is 0.383 e. The Kier molecular flexibility index (Phi) is 2.11. The number of nitrogens with zero attached hydrogens (tertiary/aromatic N) is 2. The summed E-state index contributed by atoms with van der Waals surface area (Å²) in [6, 6.07) is 16.2. The van der Waals surface area contributed by atoms with Crippen LogP contribution < -0.4 is 5.73 Å². The van der Waals surface area contributed by atoms with E-state index in [-0.39, 0.29) is 0 Å². The first-order valence-corrected chi connectivity index (χ1v) is 5.56. The number of pyridine rings is 1. The Bertz CT molecular complexity index is 669. The molecule has 17 heavy (non-hydrogen) atoms. The number of nitrogen functional groups attached to an aromatic ring is 1. The summed E-state index contributed by atoms with van der Waals surface area (Å²) in [5.74, 6) is 0.708. The van der Waals surface area contributed by atoms with E-state index < -0.39 is 0 Å². The molecule has 0 amide bonds. The maximum Gasteiger partial charge on any atom is 0.139 e. The highest BCUT2D eigenvalue weighted by Crippen LogP contribution is 2.24. The first kappa shape index (κ1) is 9.90. The fourth-order valence-electron chi connectivity index (χ4n) is 2.06. The van der Waals surface area contributed by atoms with Crippen LogP contribution in [-0.4, -0.2) is 9.38 Å². The van der Waals surface area contributed by atoms with Gasteiger partial charge in [0.15, 0.2) is 0 Å². The zero-order valence-corrected chi connectivity index (χ0v) is 9.59. The molecule has 0 spiro atoms. The first-order valence-electron chi connectivity index (χ1n) is 5.56. The summed E-state index contributed by atoms with van der Waals surface area (Å²) in [5.41, 5.74) is 10.0. The molecule has 0 saturated heterocycles. The minimum absolute atomic E-state index is 0.708. The normalized spacial score (nSPS) is 10.9. The van der Waals surface area contributed by atoms with Crippen LogP contribution in [-0.2, 0) is 0 Å². The molecule has 0 fully saturated rings. The molecule has 3 rings (SSSR count). The van der Waals surface area contributed by atoms with E-state index in [1.807, 2.05) is 41.7 Å². The smallest absolute Gasteiger partial charge is 0.139 e. The van der Waals surface area contributed by atoms with Gasteiger partial charge in [-0.1, -0.05) is 36.4 Å². The first-order chi connectivity index (χ1) is 8.27. The lowest BCUT2D eigenvalue weighted by Crippen LogP contribution is -1.97. The topological polar surface area (TPSA) is 43.3 Å². The van der Waals surface area contributed by atoms with Crippen molar-refractivity contribution < 1.29 is 0 Å². The summed E-state index contributed by atoms with van der Waals surface area (Å²) in [4.78, 5) is 4.44. The number of hydrogen-bond acceptors (Lipinski definition) is 2. The summed E-state index contributed by atoms with van der Waals surface area (Å²) in [7, 11) is 0. The summed E-state index contributed by atoms with van der Waals surface area (Å²) in [6.07, 6.45) is 0. The molecule has 3 aromatic rings. The van der Waals surface area contributed by atoms with Crippen LogP contribution in [0, 0.1) is 6.92 Å². The van der Waals surface area contributed by atoms with Crippen molar-refractivity contribution in [3.63, 3.8) is 0 Å². The summed E-state index contributed by atoms with van der Waals surface area (Å²) >= 11 is 0. The van der Waals surface area contributed by atoms with Gasteiger partial charge in [0.05, 0.1) is 11.4 Å². The molecule has 84 valence electrons. The van der Waals surface area contributed by atoms with E-state index in [4.69, 9.17) is 5.73 Å². The van der Waals surface area contributed by atoms with E-state index in [1.165, 1.54) is 0 Å². The molecular formula is C14H13N3. The number of rotatable bonds is 1. The fourth-order valence-corrected chi connectivity index (χ4v) is 2.06. The second kappa shape index (κ2) is 3.63. The van der Waals surface area contributed by atoms with Crippen LogP contribution in [0.5, 0.6) is 0 Å². The van der Waals surface area contributed by atoms with Gasteiger partial charge in [-0.2, -0.15) is 0 Å². The van der Waals surface area contributed by atoms with Crippen molar-refractivity contribution in [3.8, 4) is 11.3 Å². The van der Waals surface area contributed by atoms with E-state index in [9.17, 15) is 0 Å². The molecule has 1 aromatic carbocycles. The van der Waals surface area contributed by atoms with E-state index >= 15 is 0 Å². The quantitative estimate of drug-likeness (QED) is 0.689. The molecule has 0 aliphatic carbocycles. The molecule has 0 saturated carbocycles. The zero-order chi connectivity index (χ0) is 11.8. The highest BCUT2D eigenvalue weighted by molar-refractivity contribution is 5.67. The van der Waals surface area contributed by atoms with Crippen molar-refractivity contribution in [1.82, 2.24) is 9.38 Å². The molecule has 2 heterocycles. The predicted octanol–water partition coefficient (Wildman–Crippen LogP) is 2.89. The van der Waals surface area contributed by atoms with E-state index in [0.29, 0.717) is 5.82 Å². The average Bonchev–Trinajstić information content (AvgIpc) is 2.66. The van der Waals surface area contributed by atoms with Crippen molar-refractivity contribution in [1.29, 1.82) is 0 Å². The number of aryl methyl sites for hydroxylation is 1. The maximum absolute atomic E-state index is 6.08. The third kappa shape index (κ3) is 1.47. The van der Waals surface area contributed by atoms with Gasteiger partial charge < -0.3 is 5.73 Å². The molecular weight excluding hydrogens is 210 g/mol. The van der Waals surface area contributed by atoms with Crippen molar-refractivity contribution in [3.05, 3.63) is 54.2 Å². The second-order valence-electron chi connectivity index (χ2n) is 4.05. The Balaban J connectivity index is 2.37. The van der Waals surface area contributed by atoms with Crippen molar-refractivity contribution in [2.24, 2.45) is 0 Å². The van der Waals surface area contributed by atoms with Gasteiger partial charge in [-0.05, 0) is 24.6 Å². The Labute approximate surface area is 99.5 Å². The number of fused-ring (bicyclic) bond motifs is 1. The molecule has 0 aliphatic heterocycles. The van der Waals surface area contributed by atoms with E-state index in [1.54, 1.807) is 0 Å². The number of benzene rings is 1. The highest BCUT2D eigenvalue weighted by Gasteiger charge is 2.09. The highest BCUT2D eigenvalue weighted by atomic mass is 15.1. The summed E-state index contributed by atoms with van der Waals surface area (Å²) in [5, 5.41) is 0. The average molecular weight is 223 g/mol. The lowest BCUT2D eigenvalue weighted by molar-refractivity contribution is 1.20. The number of imidazole rings is 1. The monoisotopic (exact) mass is 223 g/mol. The summed E-state index contributed by atoms with van der Waals surface area (Å²) < 4.78 is 1.99. The lowest BCUT2D eigenvalue weighted by Gasteiger charge is -2.06. The fraction of sp³-hybridized carbons (Fsp3) is 0.0714. The standard InChI is InChI=1S/C14H13N3/c1-10-14(15)17-12(8-5-9-13(17)16-10)11-6-3-2-4-7-11/h2-9H,15H2,1H3. The zero-order valence-electron chi connectivity index (χ0n) is 9.59. The number of nitrogens with two attached hydrogens (primary N) is 1. The van der Waals surface area contributed by atoms with Gasteiger partial charge in [-0.15, -0.1) is 0 Å². The third-order valence-electron chi connectivity index (χ3n) is 2.93. The van der Waals surface area contributed by atoms with Gasteiger partial charge in [-0.3, -0.25) is 4.40 Å². The molecule has 0 unspecified atom stereocenters. The molecule has 2 aromatic heterocycles. The second-order valence-corrected chi connectivity index (χ2v) is 4.05. The van der Waals surface area contributed by atoms with Crippen LogP contribution >= 0.6 is 0 Å². The minimum Gasteiger partial charge on any atom is -0.383 e. The van der Waals surface area contributed by atoms with Crippen molar-refractivity contribution >= 4 is 11.5 Å². The van der Waals surface area contributed by atoms with Gasteiger partial charge in [0, 0.05) is 0 Å². The van der Waals surface area contributed by atoms with Crippen LogP contribution in [0.25, 0.3) is 16.9 Å². The number of anilines is 1. The molecule has 0 radical (unpaired) electrons. The lowest BCUT2D eigenvalue weighted by atomic mass is 10.1. The Morgan fingerprint density at radius 2 is 1.76 bits per heavy atom. The Morgan fingerprint density at radius 3 is 2.53 bits per heavy atom. The van der Waals surface area contributed by atoms with Gasteiger partial charge in [-0.25, -0.2) is 4.98 Å². The molecule has 0 atom stereocenters.